The fourth-order valence-corrected chi connectivity index (χ4v) is 3.18. The number of aromatic nitrogens is 2. The number of carbonyl (C=O) groups excluding carboxylic acids is 1. The third-order valence-corrected chi connectivity index (χ3v) is 4.71. The van der Waals surface area contributed by atoms with Crippen molar-refractivity contribution in [3.8, 4) is 11.7 Å². The van der Waals surface area contributed by atoms with E-state index in [1.165, 1.54) is 4.57 Å². The molecular weight excluding hydrogens is 399 g/mol. The van der Waals surface area contributed by atoms with Crippen LogP contribution in [-0.2, 0) is 10.9 Å². The van der Waals surface area contributed by atoms with Gasteiger partial charge in [0, 0.05) is 19.3 Å². The molecule has 164 valence electrons. The van der Waals surface area contributed by atoms with Crippen LogP contribution in [0.25, 0.3) is 5.69 Å². The Balaban J connectivity index is 1.63. The minimum atomic E-state index is -4.56. The van der Waals surface area contributed by atoms with Crippen molar-refractivity contribution in [1.82, 2.24) is 14.5 Å². The number of nitrogens with zero attached hydrogens (tertiary/aromatic N) is 3. The van der Waals surface area contributed by atoms with Crippen LogP contribution >= 0.6 is 0 Å². The van der Waals surface area contributed by atoms with E-state index >= 15 is 0 Å². The van der Waals surface area contributed by atoms with Crippen molar-refractivity contribution < 1.29 is 27.4 Å². The summed E-state index contributed by atoms with van der Waals surface area (Å²) in [5, 5.41) is 0. The smallest absolute Gasteiger partial charge is 0.435 e. The Morgan fingerprint density at radius 2 is 1.77 bits per heavy atom. The van der Waals surface area contributed by atoms with Gasteiger partial charge in [-0.25, -0.2) is 4.79 Å². The van der Waals surface area contributed by atoms with E-state index in [4.69, 9.17) is 9.47 Å². The number of rotatable bonds is 4. The SMILES string of the molecule is CC(C)(C)OC(=O)N1CCC(COc2nc(C(F)(F)F)cn2-c2ccccc2)CC1. The van der Waals surface area contributed by atoms with Gasteiger partial charge in [-0.2, -0.15) is 18.2 Å². The van der Waals surface area contributed by atoms with Crippen LogP contribution in [0.2, 0.25) is 0 Å². The molecule has 1 aromatic carbocycles. The molecule has 30 heavy (non-hydrogen) atoms. The zero-order valence-corrected chi connectivity index (χ0v) is 17.3. The number of likely N-dealkylation sites (tertiary alicyclic amines) is 1. The van der Waals surface area contributed by atoms with Gasteiger partial charge in [0.25, 0.3) is 0 Å². The Kier molecular flexibility index (Phi) is 6.28. The molecule has 0 aliphatic carbocycles. The molecule has 9 heteroatoms. The molecule has 0 N–H and O–H groups in total. The highest BCUT2D eigenvalue weighted by molar-refractivity contribution is 5.68. The summed E-state index contributed by atoms with van der Waals surface area (Å²) in [5.41, 5.74) is -1.02. The highest BCUT2D eigenvalue weighted by atomic mass is 19.4. The second kappa shape index (κ2) is 8.57. The van der Waals surface area contributed by atoms with E-state index in [-0.39, 0.29) is 24.6 Å². The first-order valence-electron chi connectivity index (χ1n) is 9.85. The van der Waals surface area contributed by atoms with Crippen molar-refractivity contribution in [2.45, 2.75) is 45.4 Å². The lowest BCUT2D eigenvalue weighted by atomic mass is 9.98. The molecule has 1 fully saturated rings. The average molecular weight is 425 g/mol. The fraction of sp³-hybridized carbons (Fsp3) is 0.524. The predicted molar refractivity (Wildman–Crippen MR) is 105 cm³/mol. The minimum Gasteiger partial charge on any atom is -0.464 e. The lowest BCUT2D eigenvalue weighted by molar-refractivity contribution is -0.141. The molecule has 1 aromatic heterocycles. The zero-order valence-electron chi connectivity index (χ0n) is 17.3. The predicted octanol–water partition coefficient (Wildman–Crippen LogP) is 4.92. The number of hydrogen-bond acceptors (Lipinski definition) is 4. The van der Waals surface area contributed by atoms with Gasteiger partial charge in [0.05, 0.1) is 12.3 Å². The molecule has 0 spiro atoms. The van der Waals surface area contributed by atoms with Crippen molar-refractivity contribution >= 4 is 6.09 Å². The number of imidazole rings is 1. The van der Waals surface area contributed by atoms with Crippen molar-refractivity contribution in [1.29, 1.82) is 0 Å². The molecule has 0 saturated carbocycles. The number of benzene rings is 1. The molecule has 0 radical (unpaired) electrons. The van der Waals surface area contributed by atoms with Crippen molar-refractivity contribution in [3.05, 3.63) is 42.2 Å². The molecule has 2 aromatic rings. The number of hydrogen-bond donors (Lipinski definition) is 0. The van der Waals surface area contributed by atoms with Gasteiger partial charge in [-0.15, -0.1) is 0 Å². The molecule has 1 saturated heterocycles. The molecule has 1 aliphatic heterocycles. The van der Waals surface area contributed by atoms with E-state index in [2.05, 4.69) is 4.98 Å². The molecular formula is C21H26F3N3O3. The van der Waals surface area contributed by atoms with Crippen LogP contribution in [0, 0.1) is 5.92 Å². The lowest BCUT2D eigenvalue weighted by Crippen LogP contribution is -2.42. The maximum absolute atomic E-state index is 13.1. The summed E-state index contributed by atoms with van der Waals surface area (Å²) >= 11 is 0. The Hall–Kier alpha value is -2.71. The monoisotopic (exact) mass is 425 g/mol. The van der Waals surface area contributed by atoms with Crippen LogP contribution in [0.4, 0.5) is 18.0 Å². The summed E-state index contributed by atoms with van der Waals surface area (Å²) < 4.78 is 51.8. The van der Waals surface area contributed by atoms with E-state index in [1.807, 2.05) is 20.8 Å². The quantitative estimate of drug-likeness (QED) is 0.698. The maximum atomic E-state index is 13.1. The lowest BCUT2D eigenvalue weighted by Gasteiger charge is -2.33. The first kappa shape index (κ1) is 22.0. The summed E-state index contributed by atoms with van der Waals surface area (Å²) in [6.45, 7) is 6.71. The largest absolute Gasteiger partial charge is 0.464 e. The Morgan fingerprint density at radius 1 is 1.13 bits per heavy atom. The summed E-state index contributed by atoms with van der Waals surface area (Å²) in [4.78, 5) is 17.5. The van der Waals surface area contributed by atoms with Gasteiger partial charge in [0.15, 0.2) is 5.69 Å². The van der Waals surface area contributed by atoms with Gasteiger partial charge in [-0.3, -0.25) is 4.57 Å². The molecule has 0 bridgehead atoms. The van der Waals surface area contributed by atoms with Crippen LogP contribution < -0.4 is 4.74 Å². The first-order chi connectivity index (χ1) is 14.0. The van der Waals surface area contributed by atoms with Crippen LogP contribution in [0.1, 0.15) is 39.3 Å². The van der Waals surface area contributed by atoms with Gasteiger partial charge in [0.2, 0.25) is 0 Å². The summed E-state index contributed by atoms with van der Waals surface area (Å²) in [5.74, 6) is 0.110. The molecule has 0 atom stereocenters. The summed E-state index contributed by atoms with van der Waals surface area (Å²) in [6.07, 6.45) is -2.61. The second-order valence-electron chi connectivity index (χ2n) is 8.33. The van der Waals surface area contributed by atoms with Gasteiger partial charge >= 0.3 is 18.3 Å². The van der Waals surface area contributed by atoms with E-state index in [9.17, 15) is 18.0 Å². The number of alkyl halides is 3. The second-order valence-corrected chi connectivity index (χ2v) is 8.33. The number of piperidine rings is 1. The third kappa shape index (κ3) is 5.67. The molecule has 2 heterocycles. The number of carbonyl (C=O) groups is 1. The maximum Gasteiger partial charge on any atom is 0.435 e. The van der Waals surface area contributed by atoms with E-state index < -0.39 is 17.5 Å². The number of halogens is 3. The highest BCUT2D eigenvalue weighted by Gasteiger charge is 2.36. The van der Waals surface area contributed by atoms with Crippen molar-refractivity contribution in [2.24, 2.45) is 5.92 Å². The van der Waals surface area contributed by atoms with Crippen LogP contribution in [0.3, 0.4) is 0 Å². The molecule has 0 unspecified atom stereocenters. The van der Waals surface area contributed by atoms with Crippen molar-refractivity contribution in [2.75, 3.05) is 19.7 Å². The molecule has 3 rings (SSSR count). The van der Waals surface area contributed by atoms with E-state index in [1.54, 1.807) is 35.2 Å². The van der Waals surface area contributed by atoms with Gasteiger partial charge in [0.1, 0.15) is 5.60 Å². The third-order valence-electron chi connectivity index (χ3n) is 4.71. The normalized spacial score (nSPS) is 15.9. The number of amides is 1. The zero-order chi connectivity index (χ0) is 21.9. The fourth-order valence-electron chi connectivity index (χ4n) is 3.18. The van der Waals surface area contributed by atoms with Crippen LogP contribution in [-0.4, -0.2) is 45.8 Å². The van der Waals surface area contributed by atoms with Gasteiger partial charge in [-0.05, 0) is 51.7 Å². The van der Waals surface area contributed by atoms with E-state index in [0.717, 1.165) is 6.20 Å². The molecule has 6 nitrogen and oxygen atoms in total. The average Bonchev–Trinajstić information content (AvgIpc) is 3.11. The Labute approximate surface area is 173 Å². The molecule has 1 amide bonds. The number of ether oxygens (including phenoxy) is 2. The summed E-state index contributed by atoms with van der Waals surface area (Å²) in [6, 6.07) is 8.53. The topological polar surface area (TPSA) is 56.6 Å². The first-order valence-corrected chi connectivity index (χ1v) is 9.85. The standard InChI is InChI=1S/C21H26F3N3O3/c1-20(2,3)30-19(28)26-11-9-15(10-12-26)14-29-18-25-17(21(22,23)24)13-27(18)16-7-5-4-6-8-16/h4-8,13,15H,9-12,14H2,1-3H3. The van der Waals surface area contributed by atoms with Gasteiger partial charge < -0.3 is 14.4 Å². The molecule has 1 aliphatic rings. The van der Waals surface area contributed by atoms with E-state index in [0.29, 0.717) is 31.6 Å². The Morgan fingerprint density at radius 3 is 2.33 bits per heavy atom. The summed E-state index contributed by atoms with van der Waals surface area (Å²) in [7, 11) is 0. The van der Waals surface area contributed by atoms with Crippen LogP contribution in [0.5, 0.6) is 6.01 Å². The van der Waals surface area contributed by atoms with Crippen LogP contribution in [0.15, 0.2) is 36.5 Å². The van der Waals surface area contributed by atoms with Crippen molar-refractivity contribution in [3.63, 3.8) is 0 Å². The number of para-hydroxylation sites is 1. The van der Waals surface area contributed by atoms with Gasteiger partial charge in [-0.1, -0.05) is 18.2 Å². The minimum absolute atomic E-state index is 0.0944. The Bertz CT molecular complexity index is 852. The highest BCUT2D eigenvalue weighted by Crippen LogP contribution is 2.32.